The molecule has 1 rings (SSSR count). The van der Waals surface area contributed by atoms with E-state index in [0.29, 0.717) is 19.5 Å². The van der Waals surface area contributed by atoms with E-state index in [-0.39, 0.29) is 12.1 Å². The summed E-state index contributed by atoms with van der Waals surface area (Å²) in [4.78, 5) is 13.6. The van der Waals surface area contributed by atoms with Crippen LogP contribution in [0.1, 0.15) is 40.0 Å². The number of rotatable bonds is 3. The van der Waals surface area contributed by atoms with Gasteiger partial charge in [-0.3, -0.25) is 0 Å². The van der Waals surface area contributed by atoms with Gasteiger partial charge in [0.1, 0.15) is 5.60 Å². The first-order valence-electron chi connectivity index (χ1n) is 6.23. The van der Waals surface area contributed by atoms with Gasteiger partial charge in [-0.05, 0) is 46.6 Å². The molecule has 5 nitrogen and oxygen atoms in total. The van der Waals surface area contributed by atoms with Crippen molar-refractivity contribution in [1.82, 2.24) is 4.90 Å². The Hall–Kier alpha value is -0.810. The van der Waals surface area contributed by atoms with Crippen LogP contribution < -0.4 is 5.73 Å². The molecule has 3 N–H and O–H groups in total. The molecule has 2 unspecified atom stereocenters. The average molecular weight is 244 g/mol. The molecule has 17 heavy (non-hydrogen) atoms. The minimum atomic E-state index is -0.546. The molecule has 1 saturated heterocycles. The summed E-state index contributed by atoms with van der Waals surface area (Å²) in [6.07, 6.45) is 1.36. The van der Waals surface area contributed by atoms with E-state index in [0.717, 1.165) is 12.8 Å². The van der Waals surface area contributed by atoms with E-state index in [1.165, 1.54) is 0 Å². The average Bonchev–Trinajstić information content (AvgIpc) is 2.63. The number of nitrogens with zero attached hydrogens (tertiary/aromatic N) is 1. The number of carbonyl (C=O) groups is 1. The number of aliphatic hydroxyl groups is 1. The molecular formula is C12H24N2O3. The molecule has 0 aromatic heterocycles. The summed E-state index contributed by atoms with van der Waals surface area (Å²) >= 11 is 0. The van der Waals surface area contributed by atoms with Crippen LogP contribution in [0.3, 0.4) is 0 Å². The molecule has 0 aromatic carbocycles. The third kappa shape index (κ3) is 4.16. The van der Waals surface area contributed by atoms with Gasteiger partial charge in [0.25, 0.3) is 0 Å². The smallest absolute Gasteiger partial charge is 0.410 e. The number of ether oxygens (including phenoxy) is 1. The van der Waals surface area contributed by atoms with Crippen molar-refractivity contribution in [3.63, 3.8) is 0 Å². The molecule has 0 aliphatic carbocycles. The summed E-state index contributed by atoms with van der Waals surface area (Å²) in [6.45, 7) is 6.60. The Morgan fingerprint density at radius 1 is 1.59 bits per heavy atom. The molecule has 1 fully saturated rings. The highest BCUT2D eigenvalue weighted by Crippen LogP contribution is 2.24. The van der Waals surface area contributed by atoms with Gasteiger partial charge in [-0.15, -0.1) is 0 Å². The first-order valence-corrected chi connectivity index (χ1v) is 6.23. The van der Waals surface area contributed by atoms with Crippen LogP contribution in [0.25, 0.3) is 0 Å². The van der Waals surface area contributed by atoms with E-state index in [1.807, 2.05) is 20.8 Å². The highest BCUT2D eigenvalue weighted by molar-refractivity contribution is 5.69. The molecular weight excluding hydrogens is 220 g/mol. The second-order valence-electron chi connectivity index (χ2n) is 5.53. The molecule has 0 aromatic rings. The predicted octanol–water partition coefficient (Wildman–Crippen LogP) is 1.10. The fraction of sp³-hybridized carbons (Fsp3) is 0.917. The zero-order valence-corrected chi connectivity index (χ0v) is 11.0. The largest absolute Gasteiger partial charge is 0.444 e. The lowest BCUT2D eigenvalue weighted by molar-refractivity contribution is 0.00435. The fourth-order valence-corrected chi connectivity index (χ4v) is 2.10. The van der Waals surface area contributed by atoms with Crippen LogP contribution in [0.5, 0.6) is 0 Å². The molecule has 1 heterocycles. The summed E-state index contributed by atoms with van der Waals surface area (Å²) < 4.78 is 5.32. The van der Waals surface area contributed by atoms with Crippen molar-refractivity contribution in [1.29, 1.82) is 0 Å². The van der Waals surface area contributed by atoms with Crippen molar-refractivity contribution in [3.05, 3.63) is 0 Å². The van der Waals surface area contributed by atoms with Gasteiger partial charge in [-0.25, -0.2) is 4.79 Å². The summed E-state index contributed by atoms with van der Waals surface area (Å²) in [5.74, 6) is 0. The van der Waals surface area contributed by atoms with Crippen LogP contribution in [0, 0.1) is 0 Å². The first-order chi connectivity index (χ1) is 7.85. The van der Waals surface area contributed by atoms with Crippen molar-refractivity contribution >= 4 is 6.09 Å². The molecule has 1 aliphatic heterocycles. The molecule has 5 heteroatoms. The van der Waals surface area contributed by atoms with E-state index in [2.05, 4.69) is 0 Å². The van der Waals surface area contributed by atoms with Crippen LogP contribution in [0.15, 0.2) is 0 Å². The highest BCUT2D eigenvalue weighted by Gasteiger charge is 2.35. The van der Waals surface area contributed by atoms with Crippen LogP contribution in [0.2, 0.25) is 0 Å². The first kappa shape index (κ1) is 14.3. The molecule has 0 bridgehead atoms. The van der Waals surface area contributed by atoms with Crippen LogP contribution in [0.4, 0.5) is 4.79 Å². The molecule has 0 radical (unpaired) electrons. The third-order valence-electron chi connectivity index (χ3n) is 2.83. The maximum atomic E-state index is 11.9. The lowest BCUT2D eigenvalue weighted by Gasteiger charge is -2.30. The SMILES string of the molecule is CC(C)(C)OC(=O)N1CCCC1C(O)CCN. The Labute approximate surface area is 103 Å². The Morgan fingerprint density at radius 3 is 2.76 bits per heavy atom. The zero-order chi connectivity index (χ0) is 13.1. The summed E-state index contributed by atoms with van der Waals surface area (Å²) in [6, 6.07) is -0.145. The zero-order valence-electron chi connectivity index (χ0n) is 11.0. The Bertz CT molecular complexity index is 263. The lowest BCUT2D eigenvalue weighted by atomic mass is 10.1. The number of hydrogen-bond donors (Lipinski definition) is 2. The van der Waals surface area contributed by atoms with Gasteiger partial charge >= 0.3 is 6.09 Å². The van der Waals surface area contributed by atoms with Gasteiger partial charge in [0.2, 0.25) is 0 Å². The predicted molar refractivity (Wildman–Crippen MR) is 65.6 cm³/mol. The number of likely N-dealkylation sites (tertiary alicyclic amines) is 1. The topological polar surface area (TPSA) is 75.8 Å². The standard InChI is InChI=1S/C12H24N2O3/c1-12(2,3)17-11(16)14-8-4-5-9(14)10(15)6-7-13/h9-10,15H,4-8,13H2,1-3H3. The number of nitrogens with two attached hydrogens (primary N) is 1. The molecule has 0 spiro atoms. The number of aliphatic hydroxyl groups excluding tert-OH is 1. The monoisotopic (exact) mass is 244 g/mol. The van der Waals surface area contributed by atoms with Gasteiger partial charge in [-0.2, -0.15) is 0 Å². The fourth-order valence-electron chi connectivity index (χ4n) is 2.10. The molecule has 2 atom stereocenters. The molecule has 1 amide bonds. The Balaban J connectivity index is 2.59. The van der Waals surface area contributed by atoms with Crippen LogP contribution >= 0.6 is 0 Å². The minimum Gasteiger partial charge on any atom is -0.444 e. The van der Waals surface area contributed by atoms with Gasteiger partial charge in [0.05, 0.1) is 12.1 Å². The van der Waals surface area contributed by atoms with Crippen molar-refractivity contribution in [3.8, 4) is 0 Å². The van der Waals surface area contributed by atoms with E-state index in [9.17, 15) is 9.90 Å². The van der Waals surface area contributed by atoms with E-state index in [1.54, 1.807) is 4.90 Å². The van der Waals surface area contributed by atoms with E-state index >= 15 is 0 Å². The molecule has 1 aliphatic rings. The Morgan fingerprint density at radius 2 is 2.24 bits per heavy atom. The summed E-state index contributed by atoms with van der Waals surface area (Å²) in [5.41, 5.74) is 4.93. The van der Waals surface area contributed by atoms with Gasteiger partial charge < -0.3 is 20.5 Å². The van der Waals surface area contributed by atoms with Crippen molar-refractivity contribution in [2.75, 3.05) is 13.1 Å². The van der Waals surface area contributed by atoms with Crippen molar-refractivity contribution in [2.45, 2.75) is 57.8 Å². The van der Waals surface area contributed by atoms with Gasteiger partial charge in [-0.1, -0.05) is 0 Å². The normalized spacial score (nSPS) is 22.6. The van der Waals surface area contributed by atoms with Crippen LogP contribution in [-0.2, 0) is 4.74 Å². The number of amides is 1. The molecule has 0 saturated carbocycles. The maximum absolute atomic E-state index is 11.9. The third-order valence-corrected chi connectivity index (χ3v) is 2.83. The molecule has 100 valence electrons. The van der Waals surface area contributed by atoms with E-state index < -0.39 is 11.7 Å². The summed E-state index contributed by atoms with van der Waals surface area (Å²) in [7, 11) is 0. The highest BCUT2D eigenvalue weighted by atomic mass is 16.6. The minimum absolute atomic E-state index is 0.145. The quantitative estimate of drug-likeness (QED) is 0.779. The Kier molecular flexibility index (Phi) is 4.77. The van der Waals surface area contributed by atoms with Crippen molar-refractivity contribution < 1.29 is 14.6 Å². The number of carbonyl (C=O) groups excluding carboxylic acids is 1. The summed E-state index contributed by atoms with van der Waals surface area (Å²) in [5, 5.41) is 9.94. The van der Waals surface area contributed by atoms with Gasteiger partial charge in [0.15, 0.2) is 0 Å². The number of hydrogen-bond acceptors (Lipinski definition) is 4. The lowest BCUT2D eigenvalue weighted by Crippen LogP contribution is -2.45. The second kappa shape index (κ2) is 5.69. The van der Waals surface area contributed by atoms with Gasteiger partial charge in [0, 0.05) is 6.54 Å². The van der Waals surface area contributed by atoms with Crippen molar-refractivity contribution in [2.24, 2.45) is 5.73 Å². The maximum Gasteiger partial charge on any atom is 0.410 e. The van der Waals surface area contributed by atoms with E-state index in [4.69, 9.17) is 10.5 Å². The van der Waals surface area contributed by atoms with Crippen LogP contribution in [-0.4, -0.2) is 46.9 Å². The second-order valence-corrected chi connectivity index (χ2v) is 5.53.